The molecule has 0 radical (unpaired) electrons. The Bertz CT molecular complexity index is 2700. The summed E-state index contributed by atoms with van der Waals surface area (Å²) >= 11 is 0. The number of fused-ring (bicyclic) bond motifs is 9. The van der Waals surface area contributed by atoms with Gasteiger partial charge in [-0.15, -0.1) is 0 Å². The topological polar surface area (TPSA) is 3.24 Å². The maximum absolute atomic E-state index is 2.47. The van der Waals surface area contributed by atoms with E-state index in [4.69, 9.17) is 0 Å². The van der Waals surface area contributed by atoms with Crippen molar-refractivity contribution in [1.82, 2.24) is 0 Å². The van der Waals surface area contributed by atoms with Gasteiger partial charge in [-0.2, -0.15) is 0 Å². The third-order valence-electron chi connectivity index (χ3n) is 11.8. The maximum Gasteiger partial charge on any atom is 0.0467 e. The van der Waals surface area contributed by atoms with Crippen LogP contribution in [0.3, 0.4) is 0 Å². The number of hydrogen-bond acceptors (Lipinski definition) is 1. The van der Waals surface area contributed by atoms with Crippen molar-refractivity contribution in [2.45, 2.75) is 32.1 Å². The highest BCUT2D eigenvalue weighted by Crippen LogP contribution is 2.51. The number of nitrogens with zero attached hydrogens (tertiary/aromatic N) is 1. The summed E-state index contributed by atoms with van der Waals surface area (Å²) in [5.41, 5.74) is 21.8. The molecular formula is C53H41N. The van der Waals surface area contributed by atoms with Crippen LogP contribution in [0.2, 0.25) is 0 Å². The van der Waals surface area contributed by atoms with Gasteiger partial charge in [-0.1, -0.05) is 166 Å². The largest absolute Gasteiger partial charge is 0.310 e. The van der Waals surface area contributed by atoms with Crippen LogP contribution in [0.15, 0.2) is 188 Å². The third kappa shape index (κ3) is 5.39. The highest BCUT2D eigenvalue weighted by atomic mass is 15.1. The maximum atomic E-state index is 2.47. The molecule has 0 aliphatic heterocycles. The summed E-state index contributed by atoms with van der Waals surface area (Å²) < 4.78 is 0. The summed E-state index contributed by atoms with van der Waals surface area (Å²) in [5, 5.41) is 0. The van der Waals surface area contributed by atoms with E-state index in [9.17, 15) is 0 Å². The first kappa shape index (κ1) is 32.2. The van der Waals surface area contributed by atoms with Gasteiger partial charge >= 0.3 is 0 Å². The lowest BCUT2D eigenvalue weighted by Gasteiger charge is -2.29. The Hall–Kier alpha value is -6.44. The van der Waals surface area contributed by atoms with Crippen molar-refractivity contribution < 1.29 is 0 Å². The molecule has 0 aromatic heterocycles. The Kier molecular flexibility index (Phi) is 7.70. The Labute approximate surface area is 318 Å². The second-order valence-corrected chi connectivity index (χ2v) is 15.3. The first-order valence-corrected chi connectivity index (χ1v) is 19.1. The molecule has 8 aromatic rings. The molecule has 0 bridgehead atoms. The first-order chi connectivity index (χ1) is 26.5. The zero-order chi connectivity index (χ0) is 36.2. The monoisotopic (exact) mass is 691 g/mol. The fourth-order valence-electron chi connectivity index (χ4n) is 9.08. The molecule has 0 saturated carbocycles. The number of rotatable bonds is 4. The van der Waals surface area contributed by atoms with E-state index >= 15 is 0 Å². The molecule has 0 atom stereocenters. The second-order valence-electron chi connectivity index (χ2n) is 15.3. The van der Waals surface area contributed by atoms with Gasteiger partial charge in [0.15, 0.2) is 0 Å². The molecule has 1 heteroatoms. The summed E-state index contributed by atoms with van der Waals surface area (Å²) in [7, 11) is 0. The van der Waals surface area contributed by atoms with Gasteiger partial charge in [0.1, 0.15) is 0 Å². The van der Waals surface area contributed by atoms with E-state index in [0.29, 0.717) is 0 Å². The molecule has 0 heterocycles. The van der Waals surface area contributed by atoms with Crippen molar-refractivity contribution in [2.24, 2.45) is 0 Å². The lowest BCUT2D eigenvalue weighted by Crippen LogP contribution is -2.16. The van der Waals surface area contributed by atoms with Crippen LogP contribution >= 0.6 is 0 Å². The predicted molar refractivity (Wildman–Crippen MR) is 227 cm³/mol. The SMILES string of the molecule is CC1(C)c2ccccc2-c2ccc(N(c3cccc(-c4ccccc4)c3)c3ccc4c(c3)Cc3ccccc3-c3ccccc3Cc3ccccc3-4)cc21. The van der Waals surface area contributed by atoms with Crippen LogP contribution in [-0.4, -0.2) is 0 Å². The lowest BCUT2D eigenvalue weighted by atomic mass is 9.82. The average molecular weight is 692 g/mol. The number of hydrogen-bond donors (Lipinski definition) is 0. The quantitative estimate of drug-likeness (QED) is 0.178. The minimum atomic E-state index is -0.105. The molecular weight excluding hydrogens is 651 g/mol. The van der Waals surface area contributed by atoms with Gasteiger partial charge in [-0.05, 0) is 127 Å². The zero-order valence-electron chi connectivity index (χ0n) is 30.8. The van der Waals surface area contributed by atoms with E-state index < -0.39 is 0 Å². The van der Waals surface area contributed by atoms with E-state index in [0.717, 1.165) is 29.9 Å². The van der Waals surface area contributed by atoms with Crippen molar-refractivity contribution in [1.29, 1.82) is 0 Å². The molecule has 1 nitrogen and oxygen atoms in total. The normalized spacial score (nSPS) is 13.4. The first-order valence-electron chi connectivity index (χ1n) is 19.1. The van der Waals surface area contributed by atoms with Crippen molar-refractivity contribution in [2.75, 3.05) is 4.90 Å². The molecule has 10 rings (SSSR count). The summed E-state index contributed by atoms with van der Waals surface area (Å²) in [5.74, 6) is 0. The van der Waals surface area contributed by atoms with Crippen LogP contribution < -0.4 is 4.90 Å². The molecule has 258 valence electrons. The molecule has 0 amide bonds. The van der Waals surface area contributed by atoms with Crippen molar-refractivity contribution in [3.05, 3.63) is 221 Å². The summed E-state index contributed by atoms with van der Waals surface area (Å²) in [4.78, 5) is 2.47. The fourth-order valence-corrected chi connectivity index (χ4v) is 9.08. The van der Waals surface area contributed by atoms with Crippen LogP contribution in [-0.2, 0) is 18.3 Å². The van der Waals surface area contributed by atoms with Crippen molar-refractivity contribution in [3.8, 4) is 44.5 Å². The van der Waals surface area contributed by atoms with E-state index in [1.807, 2.05) is 0 Å². The molecule has 2 aliphatic rings. The van der Waals surface area contributed by atoms with Gasteiger partial charge in [-0.25, -0.2) is 0 Å². The van der Waals surface area contributed by atoms with Crippen LogP contribution in [0.25, 0.3) is 44.5 Å². The Balaban J connectivity index is 1.19. The molecule has 0 fully saturated rings. The minimum Gasteiger partial charge on any atom is -0.310 e. The van der Waals surface area contributed by atoms with Crippen LogP contribution in [0.4, 0.5) is 17.1 Å². The lowest BCUT2D eigenvalue weighted by molar-refractivity contribution is 0.660. The standard InChI is InChI=1S/C53H41N/c1-53(2)51-26-13-12-25-49(51)50-30-28-44(35-52(50)53)54(42-21-14-20-37(33-42)36-15-4-3-5-16-36)43-27-29-48-41(34-43)32-40-19-8-10-23-46(40)45-22-9-6-17-38(45)31-39-18-7-11-24-47(39)48/h3-30,33-35H,31-32H2,1-2H3. The highest BCUT2D eigenvalue weighted by molar-refractivity contribution is 5.88. The second kappa shape index (κ2) is 12.9. The van der Waals surface area contributed by atoms with Crippen LogP contribution in [0.1, 0.15) is 47.2 Å². The van der Waals surface area contributed by atoms with Crippen LogP contribution in [0, 0.1) is 0 Å². The zero-order valence-corrected chi connectivity index (χ0v) is 30.8. The van der Waals surface area contributed by atoms with Gasteiger partial charge in [0.05, 0.1) is 0 Å². The van der Waals surface area contributed by atoms with E-state index in [1.165, 1.54) is 77.9 Å². The van der Waals surface area contributed by atoms with Crippen LogP contribution in [0.5, 0.6) is 0 Å². The Morgan fingerprint density at radius 3 is 1.46 bits per heavy atom. The number of anilines is 3. The Morgan fingerprint density at radius 1 is 0.333 bits per heavy atom. The van der Waals surface area contributed by atoms with Gasteiger partial charge in [-0.3, -0.25) is 0 Å². The molecule has 2 aliphatic carbocycles. The molecule has 54 heavy (non-hydrogen) atoms. The predicted octanol–water partition coefficient (Wildman–Crippen LogP) is 14.0. The minimum absolute atomic E-state index is 0.105. The average Bonchev–Trinajstić information content (AvgIpc) is 3.45. The number of benzene rings is 8. The third-order valence-corrected chi connectivity index (χ3v) is 11.8. The van der Waals surface area contributed by atoms with Gasteiger partial charge in [0.25, 0.3) is 0 Å². The molecule has 0 spiro atoms. The van der Waals surface area contributed by atoms with E-state index in [2.05, 4.69) is 207 Å². The van der Waals surface area contributed by atoms with Crippen molar-refractivity contribution >= 4 is 17.1 Å². The molecule has 8 aromatic carbocycles. The van der Waals surface area contributed by atoms with E-state index in [1.54, 1.807) is 0 Å². The Morgan fingerprint density at radius 2 is 0.796 bits per heavy atom. The summed E-state index contributed by atoms with van der Waals surface area (Å²) in [6, 6.07) is 69.9. The van der Waals surface area contributed by atoms with Gasteiger partial charge < -0.3 is 4.90 Å². The van der Waals surface area contributed by atoms with E-state index in [-0.39, 0.29) is 5.41 Å². The molecule has 0 N–H and O–H groups in total. The van der Waals surface area contributed by atoms with Gasteiger partial charge in [0, 0.05) is 22.5 Å². The summed E-state index contributed by atoms with van der Waals surface area (Å²) in [6.45, 7) is 4.73. The van der Waals surface area contributed by atoms with Gasteiger partial charge in [0.2, 0.25) is 0 Å². The fraction of sp³-hybridized carbons (Fsp3) is 0.0943. The smallest absolute Gasteiger partial charge is 0.0467 e. The molecule has 0 saturated heterocycles. The summed E-state index contributed by atoms with van der Waals surface area (Å²) in [6.07, 6.45) is 1.71. The van der Waals surface area contributed by atoms with Crippen molar-refractivity contribution in [3.63, 3.8) is 0 Å². The molecule has 0 unspecified atom stereocenters. The highest BCUT2D eigenvalue weighted by Gasteiger charge is 2.36.